The van der Waals surface area contributed by atoms with Crippen molar-refractivity contribution in [3.8, 4) is 11.8 Å². The van der Waals surface area contributed by atoms with Crippen LogP contribution in [0.25, 0.3) is 21.9 Å². The van der Waals surface area contributed by atoms with E-state index in [1.807, 2.05) is 4.90 Å². The highest BCUT2D eigenvalue weighted by atomic mass is 19.1. The lowest BCUT2D eigenvalue weighted by Crippen LogP contribution is -2.44. The predicted octanol–water partition coefficient (Wildman–Crippen LogP) is 1.82. The Morgan fingerprint density at radius 1 is 1.15 bits per heavy atom. The van der Waals surface area contributed by atoms with Crippen molar-refractivity contribution in [2.75, 3.05) is 25.1 Å². The van der Waals surface area contributed by atoms with Gasteiger partial charge in [-0.25, -0.2) is 9.18 Å². The van der Waals surface area contributed by atoms with E-state index < -0.39 is 29.6 Å². The van der Waals surface area contributed by atoms with Gasteiger partial charge in [0.15, 0.2) is 11.2 Å². The standard InChI is InChI=1S/C28H29FN6O4/c1-3-4-14-33-24-25(31-27(33)32-13-7-8-19(30)16-32)34(17-23(36)39-2)28(38)35(26(24)37)15-18-11-12-22(29)21-10-6-5-9-20(18)21/h5-6,9-12,19H,7-8,13-17,30H2,1-2H3. The minimum atomic E-state index is -0.723. The lowest BCUT2D eigenvalue weighted by molar-refractivity contribution is -0.141. The van der Waals surface area contributed by atoms with Crippen LogP contribution in [0.3, 0.4) is 0 Å². The molecule has 1 unspecified atom stereocenters. The molecule has 202 valence electrons. The molecule has 1 saturated heterocycles. The number of aromatic nitrogens is 4. The summed E-state index contributed by atoms with van der Waals surface area (Å²) in [5, 5.41) is 0.961. The molecule has 1 fully saturated rings. The molecule has 10 nitrogen and oxygen atoms in total. The van der Waals surface area contributed by atoms with Crippen LogP contribution in [0.2, 0.25) is 0 Å². The lowest BCUT2D eigenvalue weighted by Gasteiger charge is -2.31. The molecule has 2 aromatic heterocycles. The molecule has 11 heteroatoms. The molecule has 3 heterocycles. The molecule has 2 N–H and O–H groups in total. The number of carbonyl (C=O) groups is 1. The van der Waals surface area contributed by atoms with Crippen LogP contribution in [0.4, 0.5) is 10.3 Å². The van der Waals surface area contributed by atoms with Crippen molar-refractivity contribution in [1.82, 2.24) is 18.7 Å². The molecule has 1 aliphatic rings. The number of esters is 1. The largest absolute Gasteiger partial charge is 0.468 e. The van der Waals surface area contributed by atoms with Crippen molar-refractivity contribution in [2.45, 2.75) is 45.4 Å². The predicted molar refractivity (Wildman–Crippen MR) is 146 cm³/mol. The summed E-state index contributed by atoms with van der Waals surface area (Å²) in [7, 11) is 1.22. The zero-order chi connectivity index (χ0) is 27.7. The first-order chi connectivity index (χ1) is 18.8. The number of methoxy groups -OCH3 is 1. The van der Waals surface area contributed by atoms with Crippen molar-refractivity contribution < 1.29 is 13.9 Å². The third-order valence-corrected chi connectivity index (χ3v) is 7.05. The quantitative estimate of drug-likeness (QED) is 0.297. The number of ether oxygens (including phenoxy) is 1. The number of halogens is 1. The third-order valence-electron chi connectivity index (χ3n) is 7.05. The van der Waals surface area contributed by atoms with E-state index in [9.17, 15) is 18.8 Å². The Bertz CT molecular complexity index is 1760. The fourth-order valence-electron chi connectivity index (χ4n) is 5.13. The molecular formula is C28H29FN6O4. The van der Waals surface area contributed by atoms with Gasteiger partial charge in [-0.3, -0.25) is 23.3 Å². The van der Waals surface area contributed by atoms with Crippen molar-refractivity contribution in [3.05, 3.63) is 68.6 Å². The number of hydrogen-bond acceptors (Lipinski definition) is 7. The summed E-state index contributed by atoms with van der Waals surface area (Å²) in [6, 6.07) is 9.67. The number of nitrogens with two attached hydrogens (primary N) is 1. The maximum Gasteiger partial charge on any atom is 0.333 e. The van der Waals surface area contributed by atoms with Crippen molar-refractivity contribution in [3.63, 3.8) is 0 Å². The van der Waals surface area contributed by atoms with Crippen LogP contribution >= 0.6 is 0 Å². The van der Waals surface area contributed by atoms with Gasteiger partial charge in [0.05, 0.1) is 20.2 Å². The average Bonchev–Trinajstić information content (AvgIpc) is 3.32. The van der Waals surface area contributed by atoms with Gasteiger partial charge in [-0.2, -0.15) is 4.98 Å². The van der Waals surface area contributed by atoms with E-state index in [-0.39, 0.29) is 30.3 Å². The van der Waals surface area contributed by atoms with Gasteiger partial charge in [0.1, 0.15) is 12.4 Å². The van der Waals surface area contributed by atoms with Gasteiger partial charge in [0, 0.05) is 24.5 Å². The molecule has 0 amide bonds. The highest BCUT2D eigenvalue weighted by molar-refractivity contribution is 5.86. The number of anilines is 1. The number of piperidine rings is 1. The van der Waals surface area contributed by atoms with E-state index in [1.54, 1.807) is 41.8 Å². The Morgan fingerprint density at radius 3 is 2.64 bits per heavy atom. The van der Waals surface area contributed by atoms with Gasteiger partial charge in [-0.15, -0.1) is 5.92 Å². The van der Waals surface area contributed by atoms with Crippen LogP contribution in [0.1, 0.15) is 25.3 Å². The molecule has 1 atom stereocenters. The maximum atomic E-state index is 14.5. The first kappa shape index (κ1) is 26.2. The lowest BCUT2D eigenvalue weighted by atomic mass is 10.0. The summed E-state index contributed by atoms with van der Waals surface area (Å²) < 4.78 is 23.2. The molecule has 2 aromatic carbocycles. The van der Waals surface area contributed by atoms with E-state index in [0.717, 1.165) is 22.0 Å². The fraction of sp³-hybridized carbons (Fsp3) is 0.357. The van der Waals surface area contributed by atoms with Crippen LogP contribution < -0.4 is 21.9 Å². The molecule has 1 aliphatic heterocycles. The minimum Gasteiger partial charge on any atom is -0.468 e. The Hall–Kier alpha value is -4.43. The zero-order valence-corrected chi connectivity index (χ0v) is 21.8. The van der Waals surface area contributed by atoms with E-state index in [2.05, 4.69) is 11.8 Å². The summed E-state index contributed by atoms with van der Waals surface area (Å²) in [5.74, 6) is 5.23. The Kier molecular flexibility index (Phi) is 7.21. The van der Waals surface area contributed by atoms with Gasteiger partial charge >= 0.3 is 11.7 Å². The molecular weight excluding hydrogens is 503 g/mol. The first-order valence-corrected chi connectivity index (χ1v) is 12.7. The molecule has 5 rings (SSSR count). The highest BCUT2D eigenvalue weighted by Crippen LogP contribution is 2.25. The summed E-state index contributed by atoms with van der Waals surface area (Å²) in [5.41, 5.74) is 5.71. The molecule has 0 spiro atoms. The number of imidazole rings is 1. The molecule has 0 aliphatic carbocycles. The SMILES string of the molecule is CC#CCn1c(N2CCCC(N)C2)nc2c1c(=O)n(Cc1ccc(F)c3ccccc13)c(=O)n2CC(=O)OC. The highest BCUT2D eigenvalue weighted by Gasteiger charge is 2.27. The van der Waals surface area contributed by atoms with Crippen LogP contribution in [-0.4, -0.2) is 50.9 Å². The van der Waals surface area contributed by atoms with E-state index in [0.29, 0.717) is 35.4 Å². The number of carbonyl (C=O) groups excluding carboxylic acids is 1. The molecule has 0 radical (unpaired) electrons. The molecule has 0 saturated carbocycles. The number of rotatable bonds is 6. The van der Waals surface area contributed by atoms with E-state index in [4.69, 9.17) is 15.5 Å². The van der Waals surface area contributed by atoms with Crippen LogP contribution in [0.15, 0.2) is 46.0 Å². The van der Waals surface area contributed by atoms with Gasteiger partial charge in [0.2, 0.25) is 5.95 Å². The summed E-state index contributed by atoms with van der Waals surface area (Å²) in [6.45, 7) is 2.48. The Balaban J connectivity index is 1.78. The average molecular weight is 533 g/mol. The summed E-state index contributed by atoms with van der Waals surface area (Å²) in [6.07, 6.45) is 1.72. The number of benzene rings is 2. The van der Waals surface area contributed by atoms with Crippen LogP contribution in [0, 0.1) is 17.7 Å². The van der Waals surface area contributed by atoms with E-state index in [1.165, 1.54) is 13.2 Å². The molecule has 0 bridgehead atoms. The second-order valence-corrected chi connectivity index (χ2v) is 9.53. The van der Waals surface area contributed by atoms with Gasteiger partial charge in [0.25, 0.3) is 5.56 Å². The summed E-state index contributed by atoms with van der Waals surface area (Å²) in [4.78, 5) is 46.8. The van der Waals surface area contributed by atoms with Gasteiger partial charge < -0.3 is 15.4 Å². The third kappa shape index (κ3) is 4.79. The van der Waals surface area contributed by atoms with E-state index >= 15 is 0 Å². The number of hydrogen-bond donors (Lipinski definition) is 1. The van der Waals surface area contributed by atoms with Crippen molar-refractivity contribution >= 4 is 33.9 Å². The topological polar surface area (TPSA) is 117 Å². The monoisotopic (exact) mass is 532 g/mol. The van der Waals surface area contributed by atoms with Crippen LogP contribution in [0.5, 0.6) is 0 Å². The zero-order valence-electron chi connectivity index (χ0n) is 21.8. The Morgan fingerprint density at radius 2 is 1.92 bits per heavy atom. The fourth-order valence-corrected chi connectivity index (χ4v) is 5.13. The smallest absolute Gasteiger partial charge is 0.333 e. The number of fused-ring (bicyclic) bond motifs is 2. The second kappa shape index (κ2) is 10.7. The molecule has 4 aromatic rings. The Labute approximate surface area is 223 Å². The molecule has 39 heavy (non-hydrogen) atoms. The van der Waals surface area contributed by atoms with Crippen molar-refractivity contribution in [2.24, 2.45) is 5.73 Å². The van der Waals surface area contributed by atoms with Gasteiger partial charge in [-0.05, 0) is 36.8 Å². The van der Waals surface area contributed by atoms with Gasteiger partial charge in [-0.1, -0.05) is 36.3 Å². The number of nitrogens with zero attached hydrogens (tertiary/aromatic N) is 5. The van der Waals surface area contributed by atoms with Crippen molar-refractivity contribution in [1.29, 1.82) is 0 Å². The minimum absolute atomic E-state index is 0.0649. The first-order valence-electron chi connectivity index (χ1n) is 12.7. The second-order valence-electron chi connectivity index (χ2n) is 9.53. The normalized spacial score (nSPS) is 15.4. The maximum absolute atomic E-state index is 14.5. The van der Waals surface area contributed by atoms with Crippen LogP contribution in [-0.2, 0) is 29.2 Å². The summed E-state index contributed by atoms with van der Waals surface area (Å²) >= 11 is 0.